The van der Waals surface area contributed by atoms with Gasteiger partial charge >= 0.3 is 35.5 Å². The van der Waals surface area contributed by atoms with E-state index in [2.05, 4.69) is 4.98 Å². The number of carbonyl (C=O) groups is 1. The van der Waals surface area contributed by atoms with Crippen LogP contribution in [-0.2, 0) is 11.3 Å². The maximum absolute atomic E-state index is 10.4. The minimum absolute atomic E-state index is 0. The standard InChI is InChI=1S/C13H12N2O2.Na.H/c16-13(17)6-5-11-1-3-12(4-2-11)9-15-8-7-14-10-15;;/h1-8,10H,9H2,(H,16,17);;/q;+1;-1. The molecule has 1 aromatic carbocycles. The summed E-state index contributed by atoms with van der Waals surface area (Å²) in [5.41, 5.74) is 2.03. The molecule has 18 heavy (non-hydrogen) atoms. The van der Waals surface area contributed by atoms with Gasteiger partial charge in [0, 0.05) is 25.0 Å². The number of hydrogen-bond donors (Lipinski definition) is 1. The van der Waals surface area contributed by atoms with E-state index in [-0.39, 0.29) is 31.0 Å². The van der Waals surface area contributed by atoms with Crippen molar-refractivity contribution < 1.29 is 40.9 Å². The van der Waals surface area contributed by atoms with E-state index in [0.29, 0.717) is 0 Å². The van der Waals surface area contributed by atoms with Crippen molar-refractivity contribution in [3.05, 3.63) is 60.2 Å². The Hall–Kier alpha value is -1.36. The SMILES string of the molecule is O=C(O)C=Cc1ccc(Cn2ccnc2)cc1.[H-].[Na+]. The average Bonchev–Trinajstić information content (AvgIpc) is 2.81. The van der Waals surface area contributed by atoms with E-state index in [1.807, 2.05) is 35.0 Å². The van der Waals surface area contributed by atoms with E-state index in [1.165, 1.54) is 0 Å². The number of aromatic nitrogens is 2. The van der Waals surface area contributed by atoms with Crippen LogP contribution < -0.4 is 29.6 Å². The van der Waals surface area contributed by atoms with E-state index in [9.17, 15) is 4.79 Å². The predicted octanol–water partition coefficient (Wildman–Crippen LogP) is -0.854. The summed E-state index contributed by atoms with van der Waals surface area (Å²) in [6.07, 6.45) is 8.11. The first kappa shape index (κ1) is 14.7. The summed E-state index contributed by atoms with van der Waals surface area (Å²) in [7, 11) is 0. The van der Waals surface area contributed by atoms with Gasteiger partial charge in [-0.15, -0.1) is 0 Å². The number of carboxylic acid groups (broad SMARTS) is 1. The Labute approximate surface area is 129 Å². The molecule has 5 heteroatoms. The van der Waals surface area contributed by atoms with Crippen molar-refractivity contribution in [1.82, 2.24) is 9.55 Å². The summed E-state index contributed by atoms with van der Waals surface area (Å²) >= 11 is 0. The van der Waals surface area contributed by atoms with E-state index in [1.54, 1.807) is 18.6 Å². The summed E-state index contributed by atoms with van der Waals surface area (Å²) in [4.78, 5) is 14.3. The molecule has 0 bridgehead atoms. The molecular formula is C13H13N2NaO2. The maximum Gasteiger partial charge on any atom is 1.00 e. The molecule has 1 aromatic heterocycles. The van der Waals surface area contributed by atoms with Crippen LogP contribution in [0.1, 0.15) is 12.6 Å². The number of carboxylic acids is 1. The third-order valence-corrected chi connectivity index (χ3v) is 2.32. The summed E-state index contributed by atoms with van der Waals surface area (Å²) in [6, 6.07) is 7.74. The van der Waals surface area contributed by atoms with Gasteiger partial charge in [0.05, 0.1) is 6.33 Å². The largest absolute Gasteiger partial charge is 1.00 e. The summed E-state index contributed by atoms with van der Waals surface area (Å²) in [5, 5.41) is 8.50. The maximum atomic E-state index is 10.4. The van der Waals surface area contributed by atoms with Crippen LogP contribution in [0.25, 0.3) is 6.08 Å². The number of imidazole rings is 1. The van der Waals surface area contributed by atoms with Crippen LogP contribution in [0, 0.1) is 0 Å². The first-order chi connectivity index (χ1) is 8.24. The van der Waals surface area contributed by atoms with Crippen molar-refractivity contribution in [2.45, 2.75) is 6.54 Å². The second-order valence-corrected chi connectivity index (χ2v) is 3.65. The Bertz CT molecular complexity index is 524. The van der Waals surface area contributed by atoms with E-state index in [0.717, 1.165) is 23.7 Å². The van der Waals surface area contributed by atoms with E-state index >= 15 is 0 Å². The monoisotopic (exact) mass is 252 g/mol. The Balaban J connectivity index is 0.00000162. The van der Waals surface area contributed by atoms with Gasteiger partial charge in [-0.2, -0.15) is 0 Å². The fourth-order valence-electron chi connectivity index (χ4n) is 1.49. The van der Waals surface area contributed by atoms with Crippen molar-refractivity contribution in [3.8, 4) is 0 Å². The minimum Gasteiger partial charge on any atom is -1.00 e. The van der Waals surface area contributed by atoms with Gasteiger partial charge < -0.3 is 11.1 Å². The molecule has 0 aliphatic carbocycles. The van der Waals surface area contributed by atoms with E-state index < -0.39 is 5.97 Å². The van der Waals surface area contributed by atoms with Crippen LogP contribution in [0.5, 0.6) is 0 Å². The smallest absolute Gasteiger partial charge is 1.00 e. The molecule has 0 aliphatic rings. The molecule has 1 N–H and O–H groups in total. The van der Waals surface area contributed by atoms with Gasteiger partial charge in [0.1, 0.15) is 0 Å². The Kier molecular flexibility index (Phi) is 5.85. The molecule has 0 radical (unpaired) electrons. The number of benzene rings is 1. The molecule has 0 fully saturated rings. The van der Waals surface area contributed by atoms with Crippen LogP contribution in [0.4, 0.5) is 0 Å². The quantitative estimate of drug-likeness (QED) is 0.569. The molecule has 0 unspecified atom stereocenters. The second kappa shape index (κ2) is 7.16. The van der Waals surface area contributed by atoms with E-state index in [4.69, 9.17) is 5.11 Å². The normalized spacial score (nSPS) is 10.2. The molecule has 88 valence electrons. The fourth-order valence-corrected chi connectivity index (χ4v) is 1.49. The van der Waals surface area contributed by atoms with Crippen LogP contribution >= 0.6 is 0 Å². The molecule has 1 heterocycles. The molecule has 0 spiro atoms. The molecule has 0 atom stereocenters. The Morgan fingerprint density at radius 3 is 2.67 bits per heavy atom. The third kappa shape index (κ3) is 4.49. The molecule has 0 saturated heterocycles. The van der Waals surface area contributed by atoms with Crippen molar-refractivity contribution >= 4 is 12.0 Å². The second-order valence-electron chi connectivity index (χ2n) is 3.65. The predicted molar refractivity (Wildman–Crippen MR) is 65.6 cm³/mol. The summed E-state index contributed by atoms with van der Waals surface area (Å²) in [6.45, 7) is 0.767. The van der Waals surface area contributed by atoms with Gasteiger partial charge in [-0.25, -0.2) is 9.78 Å². The fraction of sp³-hybridized carbons (Fsp3) is 0.0769. The van der Waals surface area contributed by atoms with Gasteiger partial charge in [-0.3, -0.25) is 0 Å². The topological polar surface area (TPSA) is 55.1 Å². The van der Waals surface area contributed by atoms with Crippen molar-refractivity contribution in [2.24, 2.45) is 0 Å². The van der Waals surface area contributed by atoms with Crippen LogP contribution in [0.2, 0.25) is 0 Å². The first-order valence-electron chi connectivity index (χ1n) is 5.20. The van der Waals surface area contributed by atoms with Crippen molar-refractivity contribution in [3.63, 3.8) is 0 Å². The van der Waals surface area contributed by atoms with Gasteiger partial charge in [0.2, 0.25) is 0 Å². The zero-order chi connectivity index (χ0) is 12.1. The molecule has 2 aromatic rings. The van der Waals surface area contributed by atoms with Crippen LogP contribution in [-0.4, -0.2) is 20.6 Å². The van der Waals surface area contributed by atoms with Crippen LogP contribution in [0.3, 0.4) is 0 Å². The number of rotatable bonds is 4. The van der Waals surface area contributed by atoms with Gasteiger partial charge in [-0.1, -0.05) is 24.3 Å². The zero-order valence-electron chi connectivity index (χ0n) is 11.2. The van der Waals surface area contributed by atoms with Crippen LogP contribution in [0.15, 0.2) is 49.1 Å². The van der Waals surface area contributed by atoms with Crippen molar-refractivity contribution in [2.75, 3.05) is 0 Å². The molecule has 0 aliphatic heterocycles. The molecule has 4 nitrogen and oxygen atoms in total. The summed E-state index contributed by atoms with van der Waals surface area (Å²) < 4.78 is 1.97. The number of aliphatic carboxylic acids is 1. The van der Waals surface area contributed by atoms with Gasteiger partial charge in [0.25, 0.3) is 0 Å². The molecule has 2 rings (SSSR count). The minimum atomic E-state index is -0.938. The molecule has 0 saturated carbocycles. The zero-order valence-corrected chi connectivity index (χ0v) is 12.2. The molecular weight excluding hydrogens is 239 g/mol. The molecule has 0 amide bonds. The number of hydrogen-bond acceptors (Lipinski definition) is 2. The number of nitrogens with zero attached hydrogens (tertiary/aromatic N) is 2. The summed E-state index contributed by atoms with van der Waals surface area (Å²) in [5.74, 6) is -0.938. The Morgan fingerprint density at radius 2 is 2.11 bits per heavy atom. The van der Waals surface area contributed by atoms with Crippen molar-refractivity contribution in [1.29, 1.82) is 0 Å². The third-order valence-electron chi connectivity index (χ3n) is 2.32. The van der Waals surface area contributed by atoms with Gasteiger partial charge in [0.15, 0.2) is 0 Å². The Morgan fingerprint density at radius 1 is 1.39 bits per heavy atom. The average molecular weight is 252 g/mol. The van der Waals surface area contributed by atoms with Gasteiger partial charge in [-0.05, 0) is 17.2 Å². The first-order valence-corrected chi connectivity index (χ1v) is 5.20.